The fraction of sp³-hybridized carbons (Fsp3) is 0.458. The molecule has 0 fully saturated rings. The van der Waals surface area contributed by atoms with Crippen LogP contribution in [0.5, 0.6) is 0 Å². The van der Waals surface area contributed by atoms with Crippen LogP contribution in [0.2, 0.25) is 0 Å². The van der Waals surface area contributed by atoms with Gasteiger partial charge >= 0.3 is 0 Å². The molecular formula is C24H34N2O3. The Hall–Kier alpha value is -2.21. The van der Waals surface area contributed by atoms with Gasteiger partial charge < -0.3 is 10.0 Å². The Kier molecular flexibility index (Phi) is 9.84. The molecule has 2 aromatic carbocycles. The zero-order chi connectivity index (χ0) is 21.1. The Labute approximate surface area is 174 Å². The number of rotatable bonds is 12. The summed E-state index contributed by atoms with van der Waals surface area (Å²) >= 11 is 0. The highest BCUT2D eigenvalue weighted by atomic mass is 16.5. The molecule has 2 aromatic rings. The number of aliphatic hydroxyl groups is 1. The quantitative estimate of drug-likeness (QED) is 0.283. The molecular weight excluding hydrogens is 364 g/mol. The number of hydroxylamine groups is 1. The summed E-state index contributed by atoms with van der Waals surface area (Å²) in [5.41, 5.74) is 6.17. The molecule has 0 spiro atoms. The van der Waals surface area contributed by atoms with Crippen molar-refractivity contribution in [2.75, 3.05) is 19.6 Å². The molecule has 0 aliphatic heterocycles. The van der Waals surface area contributed by atoms with Gasteiger partial charge in [-0.2, -0.15) is 0 Å². The third-order valence-corrected chi connectivity index (χ3v) is 5.45. The van der Waals surface area contributed by atoms with Crippen molar-refractivity contribution in [2.45, 2.75) is 52.1 Å². The number of nitrogens with zero attached hydrogens (tertiary/aromatic N) is 1. The van der Waals surface area contributed by atoms with Gasteiger partial charge in [0.1, 0.15) is 0 Å². The van der Waals surface area contributed by atoms with Crippen LogP contribution in [0.25, 0.3) is 11.1 Å². The summed E-state index contributed by atoms with van der Waals surface area (Å²) in [6.07, 6.45) is 2.76. The van der Waals surface area contributed by atoms with Gasteiger partial charge in [0.2, 0.25) is 5.91 Å². The fourth-order valence-corrected chi connectivity index (χ4v) is 3.43. The van der Waals surface area contributed by atoms with Gasteiger partial charge in [-0.3, -0.25) is 10.0 Å². The molecule has 0 aliphatic carbocycles. The van der Waals surface area contributed by atoms with Crippen molar-refractivity contribution in [3.8, 4) is 11.1 Å². The van der Waals surface area contributed by atoms with E-state index in [1.807, 2.05) is 24.3 Å². The molecule has 1 unspecified atom stereocenters. The summed E-state index contributed by atoms with van der Waals surface area (Å²) in [7, 11) is 0. The highest BCUT2D eigenvalue weighted by Gasteiger charge is 2.09. The van der Waals surface area contributed by atoms with Gasteiger partial charge in [-0.25, -0.2) is 5.48 Å². The van der Waals surface area contributed by atoms with Crippen LogP contribution in [0.4, 0.5) is 0 Å². The van der Waals surface area contributed by atoms with E-state index in [2.05, 4.69) is 43.0 Å². The Morgan fingerprint density at radius 3 is 2.10 bits per heavy atom. The molecule has 5 nitrogen and oxygen atoms in total. The third kappa shape index (κ3) is 7.61. The first kappa shape index (κ1) is 23.1. The molecule has 0 saturated carbocycles. The Morgan fingerprint density at radius 1 is 0.966 bits per heavy atom. The molecule has 0 bridgehead atoms. The Bertz CT molecular complexity index is 725. The lowest BCUT2D eigenvalue weighted by molar-refractivity contribution is -0.129. The number of likely N-dealkylation sites (N-methyl/N-ethyl adjacent to an activating group) is 1. The lowest BCUT2D eigenvalue weighted by atomic mass is 9.98. The predicted octanol–water partition coefficient (Wildman–Crippen LogP) is 4.34. The second-order valence-electron chi connectivity index (χ2n) is 7.39. The monoisotopic (exact) mass is 398 g/mol. The number of aliphatic hydroxyl groups excluding tert-OH is 1. The molecule has 0 aliphatic rings. The van der Waals surface area contributed by atoms with Crippen molar-refractivity contribution in [1.29, 1.82) is 0 Å². The van der Waals surface area contributed by atoms with Gasteiger partial charge in [-0.1, -0.05) is 68.8 Å². The highest BCUT2D eigenvalue weighted by Crippen LogP contribution is 2.25. The summed E-state index contributed by atoms with van der Waals surface area (Å²) in [5.74, 6) is -0.386. The maximum Gasteiger partial charge on any atom is 0.243 e. The van der Waals surface area contributed by atoms with E-state index in [1.165, 1.54) is 11.1 Å². The summed E-state index contributed by atoms with van der Waals surface area (Å²) in [6.45, 7) is 7.66. The predicted molar refractivity (Wildman–Crippen MR) is 117 cm³/mol. The van der Waals surface area contributed by atoms with Crippen LogP contribution in [0.15, 0.2) is 48.5 Å². The van der Waals surface area contributed by atoms with Crippen LogP contribution in [-0.4, -0.2) is 40.8 Å². The van der Waals surface area contributed by atoms with Crippen molar-refractivity contribution in [3.05, 3.63) is 59.7 Å². The summed E-state index contributed by atoms with van der Waals surface area (Å²) in [5, 5.41) is 18.8. The van der Waals surface area contributed by atoms with Crippen LogP contribution in [0.3, 0.4) is 0 Å². The van der Waals surface area contributed by atoms with Gasteiger partial charge in [0.05, 0.1) is 6.10 Å². The van der Waals surface area contributed by atoms with Gasteiger partial charge in [-0.05, 0) is 54.6 Å². The molecule has 0 saturated heterocycles. The fourth-order valence-electron chi connectivity index (χ4n) is 3.43. The van der Waals surface area contributed by atoms with E-state index in [-0.39, 0.29) is 12.3 Å². The molecule has 158 valence electrons. The maximum absolute atomic E-state index is 11.0. The van der Waals surface area contributed by atoms with Gasteiger partial charge in [0.25, 0.3) is 0 Å². The first-order valence-corrected chi connectivity index (χ1v) is 10.6. The largest absolute Gasteiger partial charge is 0.388 e. The number of nitrogens with one attached hydrogen (secondary N) is 1. The molecule has 3 N–H and O–H groups in total. The smallest absolute Gasteiger partial charge is 0.243 e. The van der Waals surface area contributed by atoms with Crippen LogP contribution >= 0.6 is 0 Å². The number of hydrogen-bond donors (Lipinski definition) is 3. The Morgan fingerprint density at radius 2 is 1.55 bits per heavy atom. The van der Waals surface area contributed by atoms with E-state index in [9.17, 15) is 9.90 Å². The SMILES string of the molecule is CCN(CC)CCc1ccc(-c2ccc(C(O)CCCCC(=O)NO)cc2)cc1. The number of amides is 1. The van der Waals surface area contributed by atoms with Crippen molar-refractivity contribution >= 4 is 5.91 Å². The normalized spacial score (nSPS) is 12.2. The maximum atomic E-state index is 11.0. The zero-order valence-electron chi connectivity index (χ0n) is 17.6. The van der Waals surface area contributed by atoms with E-state index < -0.39 is 6.10 Å². The average molecular weight is 399 g/mol. The lowest BCUT2D eigenvalue weighted by Gasteiger charge is -2.17. The number of unbranched alkanes of at least 4 members (excludes halogenated alkanes) is 1. The van der Waals surface area contributed by atoms with Gasteiger partial charge in [0, 0.05) is 13.0 Å². The number of carbonyl (C=O) groups is 1. The first-order chi connectivity index (χ1) is 14.1. The van der Waals surface area contributed by atoms with E-state index in [1.54, 1.807) is 5.48 Å². The number of carbonyl (C=O) groups excluding carboxylic acids is 1. The van der Waals surface area contributed by atoms with E-state index in [0.29, 0.717) is 12.8 Å². The average Bonchev–Trinajstić information content (AvgIpc) is 2.77. The van der Waals surface area contributed by atoms with E-state index in [0.717, 1.165) is 43.6 Å². The van der Waals surface area contributed by atoms with Crippen LogP contribution in [-0.2, 0) is 11.2 Å². The molecule has 1 atom stereocenters. The minimum Gasteiger partial charge on any atom is -0.388 e. The van der Waals surface area contributed by atoms with E-state index >= 15 is 0 Å². The van der Waals surface area contributed by atoms with Crippen molar-refractivity contribution in [3.63, 3.8) is 0 Å². The molecule has 5 heteroatoms. The second kappa shape index (κ2) is 12.4. The molecule has 0 radical (unpaired) electrons. The van der Waals surface area contributed by atoms with E-state index in [4.69, 9.17) is 5.21 Å². The molecule has 1 amide bonds. The zero-order valence-corrected chi connectivity index (χ0v) is 17.6. The molecule has 0 aromatic heterocycles. The lowest BCUT2D eigenvalue weighted by Crippen LogP contribution is -2.25. The minimum atomic E-state index is -0.538. The number of benzene rings is 2. The molecule has 2 rings (SSSR count). The van der Waals surface area contributed by atoms with Gasteiger partial charge in [0.15, 0.2) is 0 Å². The van der Waals surface area contributed by atoms with Gasteiger partial charge in [-0.15, -0.1) is 0 Å². The second-order valence-corrected chi connectivity index (χ2v) is 7.39. The number of hydrogen-bond acceptors (Lipinski definition) is 4. The first-order valence-electron chi connectivity index (χ1n) is 10.6. The highest BCUT2D eigenvalue weighted by molar-refractivity contribution is 5.74. The van der Waals surface area contributed by atoms with Crippen molar-refractivity contribution in [1.82, 2.24) is 10.4 Å². The van der Waals surface area contributed by atoms with Crippen molar-refractivity contribution < 1.29 is 15.1 Å². The summed E-state index contributed by atoms with van der Waals surface area (Å²) in [4.78, 5) is 13.4. The summed E-state index contributed by atoms with van der Waals surface area (Å²) in [6, 6.07) is 16.7. The Balaban J connectivity index is 1.86. The molecule has 29 heavy (non-hydrogen) atoms. The third-order valence-electron chi connectivity index (χ3n) is 5.45. The van der Waals surface area contributed by atoms with Crippen LogP contribution < -0.4 is 5.48 Å². The van der Waals surface area contributed by atoms with Crippen molar-refractivity contribution in [2.24, 2.45) is 0 Å². The standard InChI is InChI=1S/C24H34N2O3/c1-3-26(4-2)18-17-19-9-11-20(12-10-19)21-13-15-22(16-14-21)23(27)7-5-6-8-24(28)25-29/h9-16,23,27,29H,3-8,17-18H2,1-2H3,(H,25,28). The van der Waals surface area contributed by atoms with Crippen LogP contribution in [0.1, 0.15) is 56.8 Å². The minimum absolute atomic E-state index is 0.271. The topological polar surface area (TPSA) is 72.8 Å². The summed E-state index contributed by atoms with van der Waals surface area (Å²) < 4.78 is 0. The van der Waals surface area contributed by atoms with Crippen LogP contribution in [0, 0.1) is 0 Å². The molecule has 0 heterocycles.